The quantitative estimate of drug-likeness (QED) is 0.855. The van der Waals surface area contributed by atoms with E-state index in [0.29, 0.717) is 0 Å². The Labute approximate surface area is 98.1 Å². The lowest BCUT2D eigenvalue weighted by molar-refractivity contribution is 0.626. The van der Waals surface area contributed by atoms with Gasteiger partial charge in [-0.3, -0.25) is 0 Å². The first-order valence-electron chi connectivity index (χ1n) is 4.80. The summed E-state index contributed by atoms with van der Waals surface area (Å²) in [7, 11) is 0. The Morgan fingerprint density at radius 3 is 2.75 bits per heavy atom. The van der Waals surface area contributed by atoms with Gasteiger partial charge in [0.15, 0.2) is 11.6 Å². The van der Waals surface area contributed by atoms with Gasteiger partial charge in [0.1, 0.15) is 0 Å². The highest BCUT2D eigenvalue weighted by molar-refractivity contribution is 6.30. The summed E-state index contributed by atoms with van der Waals surface area (Å²) < 4.78 is 13.5. The fourth-order valence-electron chi connectivity index (χ4n) is 1.35. The summed E-state index contributed by atoms with van der Waals surface area (Å²) in [5.74, 6) is -0.283. The summed E-state index contributed by atoms with van der Waals surface area (Å²) in [4.78, 5) is 3.90. The van der Waals surface area contributed by atoms with Gasteiger partial charge >= 0.3 is 0 Å². The minimum absolute atomic E-state index is 0.179. The van der Waals surface area contributed by atoms with Crippen molar-refractivity contribution in [1.82, 2.24) is 4.98 Å². The van der Waals surface area contributed by atoms with Crippen LogP contribution in [-0.4, -0.2) is 4.98 Å². The summed E-state index contributed by atoms with van der Waals surface area (Å²) in [6, 6.07) is 8.84. The van der Waals surface area contributed by atoms with Crippen molar-refractivity contribution in [2.24, 2.45) is 0 Å². The Morgan fingerprint density at radius 2 is 2.06 bits per heavy atom. The van der Waals surface area contributed by atoms with Crippen LogP contribution >= 0.6 is 11.6 Å². The molecule has 0 fully saturated rings. The SMILES string of the molecule is Cc1ccccc1Nc1ncc(Cl)cc1F. The van der Waals surface area contributed by atoms with Crippen LogP contribution in [0.2, 0.25) is 5.02 Å². The van der Waals surface area contributed by atoms with Gasteiger partial charge in [0.25, 0.3) is 0 Å². The number of nitrogens with zero attached hydrogens (tertiary/aromatic N) is 1. The lowest BCUT2D eigenvalue weighted by Gasteiger charge is -2.08. The lowest BCUT2D eigenvalue weighted by Crippen LogP contribution is -1.98. The number of nitrogens with one attached hydrogen (secondary N) is 1. The molecule has 0 bridgehead atoms. The van der Waals surface area contributed by atoms with Crippen molar-refractivity contribution in [3.05, 3.63) is 52.9 Å². The standard InChI is InChI=1S/C12H10ClFN2/c1-8-4-2-3-5-11(8)16-12-10(14)6-9(13)7-15-12/h2-7H,1H3,(H,15,16). The third-order valence-electron chi connectivity index (χ3n) is 2.21. The Balaban J connectivity index is 2.31. The first kappa shape index (κ1) is 10.9. The molecule has 0 aliphatic carbocycles. The highest BCUT2D eigenvalue weighted by Crippen LogP contribution is 2.22. The molecule has 0 unspecified atom stereocenters. The molecule has 1 aromatic heterocycles. The molecule has 2 nitrogen and oxygen atoms in total. The molecule has 0 saturated carbocycles. The predicted molar refractivity (Wildman–Crippen MR) is 63.7 cm³/mol. The molecule has 0 aliphatic heterocycles. The Bertz CT molecular complexity index is 514. The second kappa shape index (κ2) is 4.49. The van der Waals surface area contributed by atoms with Crippen molar-refractivity contribution in [3.8, 4) is 0 Å². The predicted octanol–water partition coefficient (Wildman–Crippen LogP) is 3.93. The summed E-state index contributed by atoms with van der Waals surface area (Å²) in [5, 5.41) is 3.21. The summed E-state index contributed by atoms with van der Waals surface area (Å²) in [6.07, 6.45) is 1.41. The maximum Gasteiger partial charge on any atom is 0.167 e. The molecule has 0 spiro atoms. The molecular formula is C12H10ClFN2. The first-order valence-corrected chi connectivity index (χ1v) is 5.18. The van der Waals surface area contributed by atoms with E-state index in [1.807, 2.05) is 31.2 Å². The second-order valence-electron chi connectivity index (χ2n) is 3.42. The van der Waals surface area contributed by atoms with Crippen LogP contribution < -0.4 is 5.32 Å². The van der Waals surface area contributed by atoms with E-state index in [1.54, 1.807) is 0 Å². The number of anilines is 2. The molecule has 16 heavy (non-hydrogen) atoms. The minimum Gasteiger partial charge on any atom is -0.338 e. The molecule has 0 amide bonds. The molecule has 2 aromatic rings. The van der Waals surface area contributed by atoms with E-state index in [0.717, 1.165) is 11.3 Å². The fourth-order valence-corrected chi connectivity index (χ4v) is 1.49. The Hall–Kier alpha value is -1.61. The number of para-hydroxylation sites is 1. The van der Waals surface area contributed by atoms with E-state index < -0.39 is 5.82 Å². The molecule has 82 valence electrons. The Morgan fingerprint density at radius 1 is 1.31 bits per heavy atom. The van der Waals surface area contributed by atoms with Crippen molar-refractivity contribution in [2.45, 2.75) is 6.92 Å². The zero-order chi connectivity index (χ0) is 11.5. The molecule has 1 N–H and O–H groups in total. The molecule has 4 heteroatoms. The second-order valence-corrected chi connectivity index (χ2v) is 3.86. The average molecular weight is 237 g/mol. The normalized spacial score (nSPS) is 10.2. The van der Waals surface area contributed by atoms with Gasteiger partial charge in [-0.15, -0.1) is 0 Å². The van der Waals surface area contributed by atoms with Gasteiger partial charge in [0, 0.05) is 11.9 Å². The number of aromatic nitrogens is 1. The van der Waals surface area contributed by atoms with Gasteiger partial charge in [-0.05, 0) is 24.6 Å². The first-order chi connectivity index (χ1) is 7.66. The number of rotatable bonds is 2. The average Bonchev–Trinajstić information content (AvgIpc) is 2.25. The molecule has 0 saturated heterocycles. The van der Waals surface area contributed by atoms with Gasteiger partial charge in [-0.25, -0.2) is 9.37 Å². The molecule has 0 atom stereocenters. The topological polar surface area (TPSA) is 24.9 Å². The van der Waals surface area contributed by atoms with Crippen LogP contribution in [0.25, 0.3) is 0 Å². The summed E-state index contributed by atoms with van der Waals surface area (Å²) in [5.41, 5.74) is 1.86. The van der Waals surface area contributed by atoms with E-state index in [1.165, 1.54) is 12.3 Å². The van der Waals surface area contributed by atoms with Gasteiger partial charge < -0.3 is 5.32 Å². The largest absolute Gasteiger partial charge is 0.338 e. The number of pyridine rings is 1. The van der Waals surface area contributed by atoms with Crippen molar-refractivity contribution < 1.29 is 4.39 Å². The molecular weight excluding hydrogens is 227 g/mol. The van der Waals surface area contributed by atoms with Crippen molar-refractivity contribution in [3.63, 3.8) is 0 Å². The molecule has 1 aromatic carbocycles. The van der Waals surface area contributed by atoms with Crippen LogP contribution in [0.3, 0.4) is 0 Å². The van der Waals surface area contributed by atoms with E-state index in [-0.39, 0.29) is 10.8 Å². The van der Waals surface area contributed by atoms with Crippen LogP contribution in [0.15, 0.2) is 36.5 Å². The zero-order valence-corrected chi connectivity index (χ0v) is 9.42. The third-order valence-corrected chi connectivity index (χ3v) is 2.41. The fraction of sp³-hybridized carbons (Fsp3) is 0.0833. The monoisotopic (exact) mass is 236 g/mol. The highest BCUT2D eigenvalue weighted by Gasteiger charge is 2.05. The smallest absolute Gasteiger partial charge is 0.167 e. The van der Waals surface area contributed by atoms with Crippen molar-refractivity contribution in [1.29, 1.82) is 0 Å². The van der Waals surface area contributed by atoms with E-state index >= 15 is 0 Å². The summed E-state index contributed by atoms with van der Waals surface area (Å²) in [6.45, 7) is 1.94. The number of hydrogen-bond acceptors (Lipinski definition) is 2. The maximum atomic E-state index is 13.5. The van der Waals surface area contributed by atoms with Crippen LogP contribution in [0.5, 0.6) is 0 Å². The number of hydrogen-bond donors (Lipinski definition) is 1. The molecule has 0 aliphatic rings. The van der Waals surface area contributed by atoms with Crippen LogP contribution in [-0.2, 0) is 0 Å². The maximum absolute atomic E-state index is 13.5. The zero-order valence-electron chi connectivity index (χ0n) is 8.67. The van der Waals surface area contributed by atoms with Crippen molar-refractivity contribution >= 4 is 23.1 Å². The van der Waals surface area contributed by atoms with Crippen LogP contribution in [0.1, 0.15) is 5.56 Å². The van der Waals surface area contributed by atoms with E-state index in [2.05, 4.69) is 10.3 Å². The lowest BCUT2D eigenvalue weighted by atomic mass is 10.2. The third kappa shape index (κ3) is 2.31. The van der Waals surface area contributed by atoms with Crippen molar-refractivity contribution in [2.75, 3.05) is 5.32 Å². The highest BCUT2D eigenvalue weighted by atomic mass is 35.5. The van der Waals surface area contributed by atoms with Gasteiger partial charge in [-0.1, -0.05) is 29.8 Å². The number of halogens is 2. The molecule has 1 heterocycles. The van der Waals surface area contributed by atoms with Gasteiger partial charge in [-0.2, -0.15) is 0 Å². The van der Waals surface area contributed by atoms with Crippen LogP contribution in [0.4, 0.5) is 15.9 Å². The molecule has 2 rings (SSSR count). The summed E-state index contributed by atoms with van der Waals surface area (Å²) >= 11 is 5.62. The Kier molecular flexibility index (Phi) is 3.06. The molecule has 0 radical (unpaired) electrons. The van der Waals surface area contributed by atoms with E-state index in [9.17, 15) is 4.39 Å². The van der Waals surface area contributed by atoms with E-state index in [4.69, 9.17) is 11.6 Å². The number of benzene rings is 1. The van der Waals surface area contributed by atoms with Gasteiger partial charge in [0.2, 0.25) is 0 Å². The minimum atomic E-state index is -0.462. The van der Waals surface area contributed by atoms with Crippen LogP contribution in [0, 0.1) is 12.7 Å². The number of aryl methyl sites for hydroxylation is 1. The van der Waals surface area contributed by atoms with Gasteiger partial charge in [0.05, 0.1) is 5.02 Å².